The zero-order valence-corrected chi connectivity index (χ0v) is 14.5. The van der Waals surface area contributed by atoms with E-state index in [4.69, 9.17) is 10.3 Å². The quantitative estimate of drug-likeness (QED) is 0.342. The summed E-state index contributed by atoms with van der Waals surface area (Å²) in [6.07, 6.45) is -6.51. The fourth-order valence-corrected chi connectivity index (χ4v) is 4.34. The summed E-state index contributed by atoms with van der Waals surface area (Å²) in [5.41, 5.74) is 8.71. The van der Waals surface area contributed by atoms with Gasteiger partial charge in [0.15, 0.2) is 6.23 Å². The molecule has 0 aliphatic carbocycles. The SMILES string of the molecule is CC(=O)N([C@@H]1[C@@H](O)[C@H](O)[C@@H](CO)O[C@H]1N=[N+]=[N-])S(=O)(=O)c1ccccc1. The van der Waals surface area contributed by atoms with E-state index in [-0.39, 0.29) is 4.90 Å². The van der Waals surface area contributed by atoms with Crippen molar-refractivity contribution in [3.8, 4) is 0 Å². The first-order valence-corrected chi connectivity index (χ1v) is 8.96. The lowest BCUT2D eigenvalue weighted by molar-refractivity contribution is -0.204. The molecule has 0 unspecified atom stereocenters. The topological polar surface area (TPSA) is 173 Å². The number of benzene rings is 1. The molecule has 11 nitrogen and oxygen atoms in total. The van der Waals surface area contributed by atoms with Crippen LogP contribution >= 0.6 is 0 Å². The molecule has 2 rings (SSSR count). The molecule has 0 saturated carbocycles. The molecule has 1 fully saturated rings. The summed E-state index contributed by atoms with van der Waals surface area (Å²) in [6.45, 7) is 0.235. The van der Waals surface area contributed by atoms with Crippen molar-refractivity contribution in [2.24, 2.45) is 5.11 Å². The lowest BCUT2D eigenvalue weighted by Gasteiger charge is -2.44. The number of hydrogen-bond donors (Lipinski definition) is 3. The van der Waals surface area contributed by atoms with E-state index in [0.29, 0.717) is 4.31 Å². The van der Waals surface area contributed by atoms with Gasteiger partial charge in [-0.15, -0.1) is 0 Å². The van der Waals surface area contributed by atoms with E-state index in [1.807, 2.05) is 0 Å². The number of carbonyl (C=O) groups is 1. The summed E-state index contributed by atoms with van der Waals surface area (Å²) in [4.78, 5) is 14.4. The van der Waals surface area contributed by atoms with Crippen LogP contribution in [-0.4, -0.2) is 71.1 Å². The molecule has 1 aromatic rings. The summed E-state index contributed by atoms with van der Waals surface area (Å²) in [6, 6.07) is 5.24. The van der Waals surface area contributed by atoms with Crippen molar-refractivity contribution in [1.82, 2.24) is 4.31 Å². The van der Waals surface area contributed by atoms with Crippen LogP contribution in [0, 0.1) is 0 Å². The molecule has 1 saturated heterocycles. The van der Waals surface area contributed by atoms with Crippen molar-refractivity contribution in [2.75, 3.05) is 6.61 Å². The molecular weight excluding hydrogens is 368 g/mol. The molecule has 3 N–H and O–H groups in total. The Morgan fingerprint density at radius 2 is 1.92 bits per heavy atom. The molecule has 26 heavy (non-hydrogen) atoms. The van der Waals surface area contributed by atoms with Gasteiger partial charge in [-0.05, 0) is 17.7 Å². The van der Waals surface area contributed by atoms with Crippen LogP contribution < -0.4 is 0 Å². The maximum atomic E-state index is 12.9. The third kappa shape index (κ3) is 3.65. The molecule has 5 atom stereocenters. The van der Waals surface area contributed by atoms with E-state index in [1.165, 1.54) is 24.3 Å². The van der Waals surface area contributed by atoms with E-state index in [0.717, 1.165) is 6.92 Å². The highest BCUT2D eigenvalue weighted by Crippen LogP contribution is 2.30. The van der Waals surface area contributed by atoms with Gasteiger partial charge in [0.25, 0.3) is 10.0 Å². The number of azide groups is 1. The Kier molecular flexibility index (Phi) is 6.18. The Bertz CT molecular complexity index is 797. The molecule has 0 radical (unpaired) electrons. The monoisotopic (exact) mass is 386 g/mol. The van der Waals surface area contributed by atoms with Crippen molar-refractivity contribution < 1.29 is 33.3 Å². The largest absolute Gasteiger partial charge is 0.394 e. The average molecular weight is 386 g/mol. The van der Waals surface area contributed by atoms with E-state index in [1.54, 1.807) is 6.07 Å². The lowest BCUT2D eigenvalue weighted by Crippen LogP contribution is -2.65. The molecule has 1 aliphatic heterocycles. The highest BCUT2D eigenvalue weighted by atomic mass is 32.2. The molecule has 1 aromatic carbocycles. The van der Waals surface area contributed by atoms with E-state index < -0.39 is 53.1 Å². The van der Waals surface area contributed by atoms with Crippen LogP contribution in [0.1, 0.15) is 6.92 Å². The maximum Gasteiger partial charge on any atom is 0.266 e. The van der Waals surface area contributed by atoms with Crippen LogP contribution in [0.4, 0.5) is 0 Å². The normalized spacial score (nSPS) is 28.8. The van der Waals surface area contributed by atoms with Crippen LogP contribution in [-0.2, 0) is 19.6 Å². The molecule has 0 aromatic heterocycles. The number of aliphatic hydroxyl groups excluding tert-OH is 3. The first kappa shape index (κ1) is 20.1. The predicted octanol–water partition coefficient (Wildman–Crippen LogP) is -0.658. The number of carbonyl (C=O) groups excluding carboxylic acids is 1. The molecular formula is C14H18N4O7S. The van der Waals surface area contributed by atoms with Gasteiger partial charge in [-0.2, -0.15) is 0 Å². The van der Waals surface area contributed by atoms with Crippen LogP contribution in [0.2, 0.25) is 0 Å². The number of rotatable bonds is 5. The summed E-state index contributed by atoms with van der Waals surface area (Å²) in [5, 5.41) is 32.9. The number of hydrogen-bond acceptors (Lipinski definition) is 8. The Hall–Kier alpha value is -2.21. The van der Waals surface area contributed by atoms with Crippen molar-refractivity contribution in [1.29, 1.82) is 0 Å². The minimum atomic E-state index is -4.44. The predicted molar refractivity (Wildman–Crippen MR) is 86.8 cm³/mol. The van der Waals surface area contributed by atoms with Crippen molar-refractivity contribution in [3.63, 3.8) is 0 Å². The van der Waals surface area contributed by atoms with Crippen LogP contribution in [0.5, 0.6) is 0 Å². The van der Waals surface area contributed by atoms with Crippen LogP contribution in [0.25, 0.3) is 10.4 Å². The lowest BCUT2D eigenvalue weighted by atomic mass is 9.96. The Morgan fingerprint density at radius 3 is 2.42 bits per heavy atom. The van der Waals surface area contributed by atoms with Crippen LogP contribution in [0.15, 0.2) is 40.3 Å². The molecule has 0 bridgehead atoms. The number of nitrogens with zero attached hydrogens (tertiary/aromatic N) is 4. The number of sulfonamides is 1. The Morgan fingerprint density at radius 1 is 1.31 bits per heavy atom. The van der Waals surface area contributed by atoms with Gasteiger partial charge in [0.1, 0.15) is 24.4 Å². The second kappa shape index (κ2) is 7.99. The zero-order chi connectivity index (χ0) is 19.5. The van der Waals surface area contributed by atoms with Crippen molar-refractivity contribution in [2.45, 2.75) is 42.4 Å². The highest BCUT2D eigenvalue weighted by Gasteiger charge is 2.51. The summed E-state index contributed by atoms with van der Waals surface area (Å²) in [5.74, 6) is -0.978. The fourth-order valence-electron chi connectivity index (χ4n) is 2.73. The minimum absolute atomic E-state index is 0.235. The van der Waals surface area contributed by atoms with Crippen molar-refractivity contribution in [3.05, 3.63) is 40.8 Å². The maximum absolute atomic E-state index is 12.9. The minimum Gasteiger partial charge on any atom is -0.394 e. The Labute approximate surface area is 149 Å². The molecule has 1 heterocycles. The van der Waals surface area contributed by atoms with Gasteiger partial charge in [-0.3, -0.25) is 4.79 Å². The first-order valence-electron chi connectivity index (χ1n) is 7.52. The van der Waals surface area contributed by atoms with Gasteiger partial charge in [-0.1, -0.05) is 23.3 Å². The smallest absolute Gasteiger partial charge is 0.266 e. The fraction of sp³-hybridized carbons (Fsp3) is 0.500. The summed E-state index contributed by atoms with van der Waals surface area (Å²) >= 11 is 0. The number of ether oxygens (including phenoxy) is 1. The molecule has 142 valence electrons. The summed E-state index contributed by atoms with van der Waals surface area (Å²) < 4.78 is 31.3. The highest BCUT2D eigenvalue weighted by molar-refractivity contribution is 7.89. The van der Waals surface area contributed by atoms with Gasteiger partial charge < -0.3 is 20.1 Å². The second-order valence-electron chi connectivity index (χ2n) is 5.56. The standard InChI is InChI=1S/C14H18N4O7S/c1-8(20)18(26(23,24)9-5-3-2-4-6-9)11-13(22)12(21)10(7-19)25-14(11)16-17-15/h2-6,10-14,19,21-22H,7H2,1H3/t10-,11-,12-,13-,14-/m1/s1. The Balaban J connectivity index is 2.56. The van der Waals surface area contributed by atoms with Gasteiger partial charge >= 0.3 is 0 Å². The van der Waals surface area contributed by atoms with Gasteiger partial charge in [0.2, 0.25) is 5.91 Å². The van der Waals surface area contributed by atoms with Gasteiger partial charge in [-0.25, -0.2) is 12.7 Å². The second-order valence-corrected chi connectivity index (χ2v) is 7.37. The average Bonchev–Trinajstić information content (AvgIpc) is 2.61. The van der Waals surface area contributed by atoms with Gasteiger partial charge in [0, 0.05) is 11.8 Å². The van der Waals surface area contributed by atoms with Crippen molar-refractivity contribution >= 4 is 15.9 Å². The summed E-state index contributed by atoms with van der Waals surface area (Å²) in [7, 11) is -4.44. The van der Waals surface area contributed by atoms with E-state index >= 15 is 0 Å². The van der Waals surface area contributed by atoms with E-state index in [2.05, 4.69) is 10.0 Å². The molecule has 1 amide bonds. The third-order valence-electron chi connectivity index (χ3n) is 3.91. The molecule has 0 spiro atoms. The van der Waals surface area contributed by atoms with Gasteiger partial charge in [0.05, 0.1) is 11.5 Å². The molecule has 12 heteroatoms. The van der Waals surface area contributed by atoms with E-state index in [9.17, 15) is 28.5 Å². The van der Waals surface area contributed by atoms with Crippen LogP contribution in [0.3, 0.4) is 0 Å². The third-order valence-corrected chi connectivity index (χ3v) is 5.80. The number of aliphatic hydroxyl groups is 3. The zero-order valence-electron chi connectivity index (χ0n) is 13.7. The first-order chi connectivity index (χ1) is 12.3. The number of amides is 1. The molecule has 1 aliphatic rings.